The fourth-order valence-corrected chi connectivity index (χ4v) is 2.99. The molecule has 156 valence electrons. The molecule has 0 spiro atoms. The third kappa shape index (κ3) is 83.2. The molecule has 35 heavy (non-hydrogen) atoms. The molecule has 0 aliphatic rings. The van der Waals surface area contributed by atoms with Crippen LogP contribution in [0.15, 0.2) is 11.6 Å². The van der Waals surface area contributed by atoms with Gasteiger partial charge in [0.15, 0.2) is 0 Å². The summed E-state index contributed by atoms with van der Waals surface area (Å²) in [5.41, 5.74) is 0.985. The van der Waals surface area contributed by atoms with E-state index in [4.69, 9.17) is 5.11 Å². The van der Waals surface area contributed by atoms with E-state index in [0.29, 0.717) is 0 Å². The van der Waals surface area contributed by atoms with Gasteiger partial charge in [0, 0.05) is 6.08 Å². The zero-order chi connectivity index (χ0) is 17.0. The Hall–Kier alpha value is 20.5. The monoisotopic (exact) mass is 830 g/mol. The first-order valence-corrected chi connectivity index (χ1v) is 9.21. The molecule has 2 nitrogen and oxygen atoms in total. The number of aliphatic carboxylic acids is 1. The van der Waals surface area contributed by atoms with Gasteiger partial charge in [-0.15, -0.1) is 0 Å². The predicted octanol–water partition coefficient (Wildman–Crippen LogP) is -1.97. The van der Waals surface area contributed by atoms with Crippen LogP contribution in [0.4, 0.5) is 0 Å². The van der Waals surface area contributed by atoms with Crippen LogP contribution in [0.3, 0.4) is 0 Å². The third-order valence-corrected chi connectivity index (χ3v) is 4.51. The van der Waals surface area contributed by atoms with Crippen LogP contribution in [0.25, 0.3) is 0 Å². The molecule has 2 atom stereocenters. The fraction of sp³-hybridized carbons (Fsp3) is 0.850. The second-order valence-corrected chi connectivity index (χ2v) is 7.69. The van der Waals surface area contributed by atoms with E-state index in [0.717, 1.165) is 36.2 Å². The summed E-state index contributed by atoms with van der Waals surface area (Å²) in [5.74, 6) is 1.65. The SMILES string of the molecule is C/C(=C\C(=O)O)CCC[C@H](C)CCC[C@H](C)CCCC(C)C.[KH].[KH].[KH].[KH].[KH].[KH].[KH].[KH].[KH].[KH].[KH].[KH].[KH]. The van der Waals surface area contributed by atoms with E-state index < -0.39 is 5.97 Å². The Bertz CT molecular complexity index is 351. The Morgan fingerprint density at radius 1 is 0.571 bits per heavy atom. The van der Waals surface area contributed by atoms with Crippen LogP contribution in [-0.4, -0.2) is 679 Å². The van der Waals surface area contributed by atoms with Crippen molar-refractivity contribution in [3.63, 3.8) is 0 Å². The van der Waals surface area contributed by atoms with Crippen molar-refractivity contribution in [1.82, 2.24) is 0 Å². The van der Waals surface area contributed by atoms with Gasteiger partial charge in [0.25, 0.3) is 0 Å². The van der Waals surface area contributed by atoms with Crippen LogP contribution in [0.2, 0.25) is 0 Å². The maximum atomic E-state index is 10.5. The Labute approximate surface area is 774 Å². The van der Waals surface area contributed by atoms with Crippen LogP contribution >= 0.6 is 0 Å². The van der Waals surface area contributed by atoms with E-state index in [1.807, 2.05) is 6.92 Å². The molecule has 0 aromatic carbocycles. The summed E-state index contributed by atoms with van der Waals surface area (Å²) in [5, 5.41) is 8.68. The topological polar surface area (TPSA) is 37.3 Å². The number of carbonyl (C=O) groups is 1. The van der Waals surface area contributed by atoms with E-state index in [1.165, 1.54) is 51.0 Å². The van der Waals surface area contributed by atoms with Crippen molar-refractivity contribution in [3.05, 3.63) is 11.6 Å². The summed E-state index contributed by atoms with van der Waals surface area (Å²) in [6, 6.07) is 0. The molecule has 0 rings (SSSR count). The molecular formula is C20H51K13O2. The molecule has 1 N–H and O–H groups in total. The number of carboxylic acid groups (broad SMARTS) is 1. The molecule has 15 heteroatoms. The van der Waals surface area contributed by atoms with Gasteiger partial charge in [0.05, 0.1) is 0 Å². The van der Waals surface area contributed by atoms with E-state index in [2.05, 4.69) is 27.7 Å². The maximum absolute atomic E-state index is 10.5. The van der Waals surface area contributed by atoms with Crippen molar-refractivity contribution >= 4 is 674 Å². The Balaban J connectivity index is -0.0000000283. The molecule has 0 amide bonds. The van der Waals surface area contributed by atoms with Gasteiger partial charge in [-0.2, -0.15) is 0 Å². The third-order valence-electron chi connectivity index (χ3n) is 4.51. The van der Waals surface area contributed by atoms with Gasteiger partial charge in [0.1, 0.15) is 0 Å². The molecular weight excluding hydrogens is 780 g/mol. The minimum atomic E-state index is -0.822. The van der Waals surface area contributed by atoms with Crippen LogP contribution < -0.4 is 0 Å². The summed E-state index contributed by atoms with van der Waals surface area (Å²) < 4.78 is 0. The van der Waals surface area contributed by atoms with Crippen molar-refractivity contribution in [2.24, 2.45) is 17.8 Å². The molecule has 0 heterocycles. The zero-order valence-electron chi connectivity index (χ0n) is 15.5. The van der Waals surface area contributed by atoms with Crippen LogP contribution in [0, 0.1) is 17.8 Å². The van der Waals surface area contributed by atoms with Crippen LogP contribution in [0.1, 0.15) is 92.4 Å². The van der Waals surface area contributed by atoms with Crippen LogP contribution in [-0.2, 0) is 4.79 Å². The number of rotatable bonds is 13. The summed E-state index contributed by atoms with van der Waals surface area (Å²) in [7, 11) is 0. The van der Waals surface area contributed by atoms with E-state index in [-0.39, 0.29) is 668 Å². The first kappa shape index (κ1) is 95.7. The number of hydrogen-bond donors (Lipinski definition) is 1. The Morgan fingerprint density at radius 3 is 1.14 bits per heavy atom. The predicted molar refractivity (Wildman–Crippen MR) is 189 cm³/mol. The van der Waals surface area contributed by atoms with Gasteiger partial charge in [0.2, 0.25) is 0 Å². The Morgan fingerprint density at radius 2 is 0.857 bits per heavy atom. The van der Waals surface area contributed by atoms with Gasteiger partial charge in [-0.1, -0.05) is 78.2 Å². The molecule has 0 radical (unpaired) electrons. The van der Waals surface area contributed by atoms with Crippen molar-refractivity contribution in [2.45, 2.75) is 92.4 Å². The molecule has 0 unspecified atom stereocenters. The number of hydrogen-bond acceptors (Lipinski definition) is 1. The second-order valence-electron chi connectivity index (χ2n) is 7.69. The summed E-state index contributed by atoms with van der Waals surface area (Å²) in [6.45, 7) is 11.3. The summed E-state index contributed by atoms with van der Waals surface area (Å²) in [4.78, 5) is 10.5. The van der Waals surface area contributed by atoms with E-state index in [9.17, 15) is 4.79 Å². The van der Waals surface area contributed by atoms with Gasteiger partial charge in [-0.25, -0.2) is 4.79 Å². The quantitative estimate of drug-likeness (QED) is 0.173. The standard InChI is InChI=1S/C20H38O2.13K.13H/c1-16(2)9-6-10-17(3)11-7-12-18(4)13-8-14-19(5)15-20(21)22;;;;;;;;;;;;;;;;;;;;;;;;;;/h15-18H,6-14H2,1-5H3,(H,21,22);;;;;;;;;;;;;;;;;;;;;;;;;;/b19-15+;;;;;;;;;;;;;;;;;;;;;;;;;;/t17-,18-;;;;;;;;;;;;;;;;;;;;;;;;;;/m1........................../s1. The summed E-state index contributed by atoms with van der Waals surface area (Å²) >= 11 is 0. The first-order chi connectivity index (χ1) is 10.3. The normalized spacial score (nSPS) is 9.49. The van der Waals surface area contributed by atoms with Gasteiger partial charge >= 0.3 is 674 Å². The molecule has 0 aromatic heterocycles. The van der Waals surface area contributed by atoms with Crippen molar-refractivity contribution in [1.29, 1.82) is 0 Å². The fourth-order valence-electron chi connectivity index (χ4n) is 2.99. The Kier molecular flexibility index (Phi) is 206. The van der Waals surface area contributed by atoms with Crippen molar-refractivity contribution < 1.29 is 9.90 Å². The van der Waals surface area contributed by atoms with E-state index in [1.54, 1.807) is 0 Å². The van der Waals surface area contributed by atoms with Crippen LogP contribution in [0.5, 0.6) is 0 Å². The zero-order valence-corrected chi connectivity index (χ0v) is 15.5. The molecule has 0 saturated heterocycles. The molecule has 0 saturated carbocycles. The average Bonchev–Trinajstić information content (AvgIpc) is 2.37. The van der Waals surface area contributed by atoms with Gasteiger partial charge in [-0.3, -0.25) is 0 Å². The first-order valence-electron chi connectivity index (χ1n) is 9.21. The minimum absolute atomic E-state index is 0. The van der Waals surface area contributed by atoms with Crippen molar-refractivity contribution in [2.75, 3.05) is 0 Å². The molecule has 0 aliphatic heterocycles. The van der Waals surface area contributed by atoms with Crippen molar-refractivity contribution in [3.8, 4) is 0 Å². The second kappa shape index (κ2) is 75.3. The molecule has 0 aromatic rings. The number of carboxylic acids is 1. The number of allylic oxidation sites excluding steroid dienone is 1. The average molecular weight is 832 g/mol. The van der Waals surface area contributed by atoms with Gasteiger partial charge in [-0.05, 0) is 37.5 Å². The summed E-state index contributed by atoms with van der Waals surface area (Å²) in [6.07, 6.45) is 12.7. The molecule has 0 fully saturated rings. The molecule has 0 bridgehead atoms. The van der Waals surface area contributed by atoms with E-state index >= 15 is 0 Å². The molecule has 0 aliphatic carbocycles. The van der Waals surface area contributed by atoms with Gasteiger partial charge < -0.3 is 5.11 Å².